The number of carbonyl (C=O) groups is 2. The molecule has 0 aromatic heterocycles. The molecule has 1 unspecified atom stereocenters. The number of methoxy groups -OCH3 is 1. The SMILES string of the molecule is COC(=O)CCCCCCCCCCCCCCC(=O)N1CC[C@H](OP(OCCC#N)N(C(C)C)C(C)C)C1. The molecule has 0 aliphatic carbocycles. The minimum absolute atomic E-state index is 0.0120. The Balaban J connectivity index is 2.14. The fourth-order valence-corrected chi connectivity index (χ4v) is 6.77. The molecule has 9 heteroatoms. The summed E-state index contributed by atoms with van der Waals surface area (Å²) in [6.07, 6.45) is 16.6. The molecule has 0 bridgehead atoms. The maximum Gasteiger partial charge on any atom is 0.305 e. The van der Waals surface area contributed by atoms with Gasteiger partial charge in [0.1, 0.15) is 0 Å². The maximum atomic E-state index is 12.8. The smallest absolute Gasteiger partial charge is 0.305 e. The number of carbonyl (C=O) groups excluding carboxylic acids is 2. The highest BCUT2D eigenvalue weighted by molar-refractivity contribution is 7.44. The number of nitriles is 1. The first-order chi connectivity index (χ1) is 18.8. The van der Waals surface area contributed by atoms with E-state index in [2.05, 4.69) is 43.2 Å². The van der Waals surface area contributed by atoms with E-state index in [1.807, 2.05) is 4.90 Å². The summed E-state index contributed by atoms with van der Waals surface area (Å²) in [4.78, 5) is 25.8. The third-order valence-corrected chi connectivity index (χ3v) is 9.33. The lowest BCUT2D eigenvalue weighted by Crippen LogP contribution is -2.35. The highest BCUT2D eigenvalue weighted by atomic mass is 31.2. The first kappa shape index (κ1) is 35.8. The highest BCUT2D eigenvalue weighted by Crippen LogP contribution is 2.48. The fraction of sp³-hybridized carbons (Fsp3) is 0.900. The van der Waals surface area contributed by atoms with Gasteiger partial charge in [0.2, 0.25) is 5.91 Å². The van der Waals surface area contributed by atoms with Crippen LogP contribution in [0.25, 0.3) is 0 Å². The highest BCUT2D eigenvalue weighted by Gasteiger charge is 2.34. The molecule has 0 saturated carbocycles. The van der Waals surface area contributed by atoms with E-state index in [1.54, 1.807) is 0 Å². The van der Waals surface area contributed by atoms with Crippen molar-refractivity contribution >= 4 is 20.4 Å². The van der Waals surface area contributed by atoms with Gasteiger partial charge >= 0.3 is 5.97 Å². The molecule has 1 rings (SSSR count). The summed E-state index contributed by atoms with van der Waals surface area (Å²) in [7, 11) is 0.183. The normalized spacial score (nSPS) is 16.3. The minimum atomic E-state index is -1.27. The van der Waals surface area contributed by atoms with Crippen LogP contribution in [-0.2, 0) is 23.4 Å². The van der Waals surface area contributed by atoms with Crippen LogP contribution in [0.1, 0.15) is 130 Å². The number of likely N-dealkylation sites (tertiary alicyclic amines) is 1. The minimum Gasteiger partial charge on any atom is -0.469 e. The molecule has 1 fully saturated rings. The monoisotopic (exact) mass is 569 g/mol. The summed E-state index contributed by atoms with van der Waals surface area (Å²) < 4.78 is 19.3. The van der Waals surface area contributed by atoms with Crippen molar-refractivity contribution < 1.29 is 23.4 Å². The molecule has 1 aliphatic heterocycles. The van der Waals surface area contributed by atoms with Crippen LogP contribution in [0.5, 0.6) is 0 Å². The first-order valence-corrected chi connectivity index (χ1v) is 16.5. The van der Waals surface area contributed by atoms with Crippen molar-refractivity contribution in [2.24, 2.45) is 0 Å². The summed E-state index contributed by atoms with van der Waals surface area (Å²) in [5, 5.41) is 8.90. The molecule has 0 spiro atoms. The van der Waals surface area contributed by atoms with Crippen LogP contribution in [0.2, 0.25) is 0 Å². The third kappa shape index (κ3) is 16.6. The van der Waals surface area contributed by atoms with Gasteiger partial charge in [-0.2, -0.15) is 5.26 Å². The predicted octanol–water partition coefficient (Wildman–Crippen LogP) is 7.51. The van der Waals surface area contributed by atoms with Crippen LogP contribution in [0, 0.1) is 11.3 Å². The quantitative estimate of drug-likeness (QED) is 0.0714. The summed E-state index contributed by atoms with van der Waals surface area (Å²) >= 11 is 0. The van der Waals surface area contributed by atoms with E-state index in [0.717, 1.165) is 38.6 Å². The van der Waals surface area contributed by atoms with Gasteiger partial charge in [-0.25, -0.2) is 4.67 Å². The van der Waals surface area contributed by atoms with Crippen molar-refractivity contribution in [2.75, 3.05) is 26.8 Å². The standard InChI is InChI=1S/C30H56N3O5P/c1-26(2)33(27(3)4)39(37-24-18-22-31)38-28-21-23-32(25-28)29(34)19-16-14-12-10-8-6-7-9-11-13-15-17-20-30(35)36-5/h26-28H,6-21,23-25H2,1-5H3/t28-,39?/m0/s1. The number of hydrogen-bond acceptors (Lipinski definition) is 7. The van der Waals surface area contributed by atoms with Crippen molar-refractivity contribution in [1.82, 2.24) is 9.57 Å². The molecule has 1 heterocycles. The summed E-state index contributed by atoms with van der Waals surface area (Å²) in [5.41, 5.74) is 0. The molecule has 226 valence electrons. The van der Waals surface area contributed by atoms with Gasteiger partial charge in [-0.1, -0.05) is 64.2 Å². The number of unbranched alkanes of at least 4 members (excludes halogenated alkanes) is 11. The van der Waals surface area contributed by atoms with E-state index >= 15 is 0 Å². The Kier molecular flexibility index (Phi) is 20.6. The van der Waals surface area contributed by atoms with Crippen LogP contribution in [0.3, 0.4) is 0 Å². The molecule has 1 saturated heterocycles. The van der Waals surface area contributed by atoms with Crippen LogP contribution in [-0.4, -0.2) is 66.4 Å². The van der Waals surface area contributed by atoms with E-state index in [9.17, 15) is 9.59 Å². The van der Waals surface area contributed by atoms with Crippen LogP contribution in [0.15, 0.2) is 0 Å². The Morgan fingerprint density at radius 3 is 1.90 bits per heavy atom. The molecule has 0 aromatic rings. The van der Waals surface area contributed by atoms with E-state index in [0.29, 0.717) is 32.4 Å². The van der Waals surface area contributed by atoms with Crippen molar-refractivity contribution in [3.05, 3.63) is 0 Å². The number of rotatable bonds is 23. The van der Waals surface area contributed by atoms with Crippen LogP contribution in [0.4, 0.5) is 0 Å². The fourth-order valence-electron chi connectivity index (χ4n) is 5.04. The second kappa shape index (κ2) is 22.4. The molecular formula is C30H56N3O5P. The van der Waals surface area contributed by atoms with Gasteiger partial charge in [0.15, 0.2) is 0 Å². The number of esters is 1. The lowest BCUT2D eigenvalue weighted by atomic mass is 10.0. The Hall–Kier alpha value is -1.26. The van der Waals surface area contributed by atoms with Crippen molar-refractivity contribution in [1.29, 1.82) is 5.26 Å². The Labute approximate surface area is 240 Å². The summed E-state index contributed by atoms with van der Waals surface area (Å²) in [6.45, 7) is 10.3. The van der Waals surface area contributed by atoms with E-state index < -0.39 is 8.53 Å². The number of ether oxygens (including phenoxy) is 1. The van der Waals surface area contributed by atoms with Gasteiger partial charge in [-0.15, -0.1) is 0 Å². The number of amides is 1. The third-order valence-electron chi connectivity index (χ3n) is 7.15. The largest absolute Gasteiger partial charge is 0.469 e. The molecule has 0 N–H and O–H groups in total. The van der Waals surface area contributed by atoms with Gasteiger partial charge in [-0.05, 0) is 47.0 Å². The zero-order valence-corrected chi connectivity index (χ0v) is 26.4. The zero-order chi connectivity index (χ0) is 28.9. The van der Waals surface area contributed by atoms with Gasteiger partial charge in [0.25, 0.3) is 8.53 Å². The average Bonchev–Trinajstić information content (AvgIpc) is 3.36. The predicted molar refractivity (Wildman–Crippen MR) is 158 cm³/mol. The summed E-state index contributed by atoms with van der Waals surface area (Å²) in [5.74, 6) is 0.144. The van der Waals surface area contributed by atoms with Gasteiger partial charge in [0, 0.05) is 38.0 Å². The van der Waals surface area contributed by atoms with E-state index in [-0.39, 0.29) is 30.1 Å². The van der Waals surface area contributed by atoms with E-state index in [1.165, 1.54) is 58.5 Å². The van der Waals surface area contributed by atoms with Gasteiger partial charge in [0.05, 0.1) is 32.3 Å². The zero-order valence-electron chi connectivity index (χ0n) is 25.5. The Morgan fingerprint density at radius 2 is 1.41 bits per heavy atom. The Bertz CT molecular complexity index is 693. The van der Waals surface area contributed by atoms with Gasteiger partial charge < -0.3 is 18.7 Å². The second-order valence-corrected chi connectivity index (χ2v) is 12.6. The average molecular weight is 570 g/mol. The van der Waals surface area contributed by atoms with Crippen molar-refractivity contribution in [2.45, 2.75) is 149 Å². The summed E-state index contributed by atoms with van der Waals surface area (Å²) in [6, 6.07) is 2.68. The van der Waals surface area contributed by atoms with Crippen LogP contribution < -0.4 is 0 Å². The molecule has 39 heavy (non-hydrogen) atoms. The van der Waals surface area contributed by atoms with Crippen LogP contribution >= 0.6 is 8.53 Å². The van der Waals surface area contributed by atoms with Crippen molar-refractivity contribution in [3.8, 4) is 6.07 Å². The molecule has 1 aliphatic rings. The van der Waals surface area contributed by atoms with E-state index in [4.69, 9.17) is 14.3 Å². The molecular weight excluding hydrogens is 513 g/mol. The topological polar surface area (TPSA) is 92.1 Å². The van der Waals surface area contributed by atoms with Gasteiger partial charge in [-0.3, -0.25) is 9.59 Å². The molecule has 0 aromatic carbocycles. The number of hydrogen-bond donors (Lipinski definition) is 0. The lowest BCUT2D eigenvalue weighted by molar-refractivity contribution is -0.140. The number of nitrogens with zero attached hydrogens (tertiary/aromatic N) is 3. The molecule has 2 atom stereocenters. The Morgan fingerprint density at radius 1 is 0.897 bits per heavy atom. The molecule has 0 radical (unpaired) electrons. The maximum absolute atomic E-state index is 12.8. The second-order valence-electron chi connectivity index (χ2n) is 11.2. The first-order valence-electron chi connectivity index (χ1n) is 15.4. The van der Waals surface area contributed by atoms with Crippen molar-refractivity contribution in [3.63, 3.8) is 0 Å². The lowest BCUT2D eigenvalue weighted by Gasteiger charge is -2.36. The molecule has 1 amide bonds. The molecule has 8 nitrogen and oxygen atoms in total.